The number of pyridine rings is 1. The van der Waals surface area contributed by atoms with Crippen LogP contribution in [0.2, 0.25) is 0 Å². The Bertz CT molecular complexity index is 6110. The summed E-state index contributed by atoms with van der Waals surface area (Å²) in [7, 11) is 6.22. The van der Waals surface area contributed by atoms with Crippen LogP contribution in [0.4, 0.5) is 36.4 Å². The number of para-hydroxylation sites is 1. The van der Waals surface area contributed by atoms with Crippen molar-refractivity contribution in [2.75, 3.05) is 103 Å². The van der Waals surface area contributed by atoms with Gasteiger partial charge in [0.15, 0.2) is 0 Å². The number of ether oxygens (including phenoxy) is 1. The zero-order valence-electron chi connectivity index (χ0n) is 69.3. The first kappa shape index (κ1) is 84.6. The second-order valence-corrected chi connectivity index (χ2v) is 32.4. The number of carbonyl (C=O) groups excluding carboxylic acids is 5. The summed E-state index contributed by atoms with van der Waals surface area (Å²) in [5.41, 5.74) is 32.5. The number of amides is 5. The Hall–Kier alpha value is -14.0. The normalized spacial score (nSPS) is 17.2. The van der Waals surface area contributed by atoms with Crippen LogP contribution >= 0.6 is 0 Å². The van der Waals surface area contributed by atoms with Crippen molar-refractivity contribution in [1.82, 2.24) is 78.0 Å². The summed E-state index contributed by atoms with van der Waals surface area (Å²) in [5.74, 6) is -0.458. The first-order chi connectivity index (χ1) is 60.4. The minimum Gasteiger partial charge on any atom is -0.477 e. The molecule has 0 spiro atoms. The zero-order chi connectivity index (χ0) is 87.3. The number of benzene rings is 5. The fourth-order valence-electron chi connectivity index (χ4n) is 16.8. The number of fused-ring (bicyclic) bond motifs is 3. The number of nitrogens with one attached hydrogen (secondary N) is 1. The van der Waals surface area contributed by atoms with Gasteiger partial charge in [-0.15, -0.1) is 0 Å². The number of nitrogens with zero attached hydrogens (tertiary/aromatic N) is 16. The maximum Gasteiger partial charge on any atom is 0.416 e. The van der Waals surface area contributed by atoms with E-state index in [0.717, 1.165) is 83.5 Å². The van der Waals surface area contributed by atoms with Crippen LogP contribution in [0.3, 0.4) is 0 Å². The van der Waals surface area contributed by atoms with E-state index in [-0.39, 0.29) is 64.6 Å². The lowest BCUT2D eigenvalue weighted by Crippen LogP contribution is -2.29. The first-order valence-corrected chi connectivity index (χ1v) is 41.7. The number of aromatic carboxylic acids is 1. The number of carboxylic acids is 1. The molecule has 5 amide bonds. The molecule has 10 N–H and O–H groups in total. The van der Waals surface area contributed by atoms with Crippen molar-refractivity contribution in [3.05, 3.63) is 236 Å². The minimum atomic E-state index is -4.55. The van der Waals surface area contributed by atoms with Crippen molar-refractivity contribution in [2.24, 2.45) is 5.73 Å². The van der Waals surface area contributed by atoms with Gasteiger partial charge in [-0.2, -0.15) is 13.2 Å². The quantitative estimate of drug-likeness (QED) is 0.0289. The van der Waals surface area contributed by atoms with Gasteiger partial charge in [0.1, 0.15) is 82.1 Å². The van der Waals surface area contributed by atoms with Crippen molar-refractivity contribution < 1.29 is 51.8 Å². The molecule has 3 aliphatic carbocycles. The molecule has 3 saturated heterocycles. The number of primary amides is 1. The van der Waals surface area contributed by atoms with Gasteiger partial charge in [-0.25, -0.2) is 39.7 Å². The number of hydrogen-bond donors (Lipinski definition) is 6. The van der Waals surface area contributed by atoms with Gasteiger partial charge in [-0.1, -0.05) is 115 Å². The van der Waals surface area contributed by atoms with Crippen LogP contribution in [0.25, 0.3) is 77.6 Å². The Kier molecular flexibility index (Phi) is 24.8. The molecule has 0 radical (unpaired) electrons. The van der Waals surface area contributed by atoms with Crippen LogP contribution in [0.15, 0.2) is 213 Å². The van der Waals surface area contributed by atoms with E-state index in [1.165, 1.54) is 57.5 Å². The summed E-state index contributed by atoms with van der Waals surface area (Å²) >= 11 is 0. The number of halogens is 3. The minimum absolute atomic E-state index is 0.0166. The molecule has 3 atom stereocenters. The summed E-state index contributed by atoms with van der Waals surface area (Å²) in [5, 5.41) is 14.6. The molecule has 29 nitrogen and oxygen atoms in total. The number of likely N-dealkylation sites (tertiary alicyclic amines) is 3. The lowest BCUT2D eigenvalue weighted by atomic mass is 9.98. The van der Waals surface area contributed by atoms with Crippen molar-refractivity contribution in [2.45, 2.75) is 100 Å². The fraction of sp³-hybridized carbons (Fsp3) is 0.301. The molecule has 10 heterocycles. The number of likely N-dealkylation sites (N-methyl/N-ethyl adjacent to an activating group) is 3. The third-order valence-corrected chi connectivity index (χ3v) is 23.9. The Morgan fingerprint density at radius 3 is 1.38 bits per heavy atom. The smallest absolute Gasteiger partial charge is 0.416 e. The molecule has 0 unspecified atom stereocenters. The number of hydrogen-bond acceptors (Lipinski definition) is 20. The van der Waals surface area contributed by atoms with Crippen LogP contribution in [-0.2, 0) is 20.6 Å². The summed E-state index contributed by atoms with van der Waals surface area (Å²) in [4.78, 5) is 120. The van der Waals surface area contributed by atoms with E-state index in [2.05, 4.69) is 76.0 Å². The second-order valence-electron chi connectivity index (χ2n) is 32.4. The predicted molar refractivity (Wildman–Crippen MR) is 472 cm³/mol. The maximum atomic E-state index is 13.0. The van der Waals surface area contributed by atoms with E-state index in [9.17, 15) is 47.0 Å². The highest BCUT2D eigenvalue weighted by molar-refractivity contribution is 6.13. The first-order valence-electron chi connectivity index (χ1n) is 41.7. The number of nitrogen functional groups attached to an aromatic ring is 3. The second kappa shape index (κ2) is 36.6. The van der Waals surface area contributed by atoms with Gasteiger partial charge in [0.05, 0.1) is 39.8 Å². The molecule has 125 heavy (non-hydrogen) atoms. The lowest BCUT2D eigenvalue weighted by Gasteiger charge is -2.18. The highest BCUT2D eigenvalue weighted by Gasteiger charge is 2.39. The molecule has 0 bridgehead atoms. The molecule has 7 aromatic heterocycles. The Morgan fingerprint density at radius 1 is 0.488 bits per heavy atom. The van der Waals surface area contributed by atoms with Gasteiger partial charge in [0.25, 0.3) is 11.8 Å². The topological polar surface area (TPSA) is 372 Å². The average Bonchev–Trinajstić information content (AvgIpc) is 1.58. The van der Waals surface area contributed by atoms with Gasteiger partial charge < -0.3 is 66.5 Å². The van der Waals surface area contributed by atoms with E-state index in [0.29, 0.717) is 132 Å². The Balaban J connectivity index is 0.000000139. The van der Waals surface area contributed by atoms with E-state index in [1.807, 2.05) is 148 Å². The van der Waals surface area contributed by atoms with Crippen molar-refractivity contribution in [1.29, 1.82) is 0 Å². The van der Waals surface area contributed by atoms with E-state index >= 15 is 0 Å². The number of carbonyl (C=O) groups is 6. The van der Waals surface area contributed by atoms with E-state index in [4.69, 9.17) is 27.7 Å². The molecule has 32 heteroatoms. The molecule has 5 aromatic carbocycles. The van der Waals surface area contributed by atoms with Crippen molar-refractivity contribution in [3.8, 4) is 56.0 Å². The van der Waals surface area contributed by atoms with Crippen molar-refractivity contribution in [3.63, 3.8) is 0 Å². The predicted octanol–water partition coefficient (Wildman–Crippen LogP) is 13.2. The molecule has 6 aliphatic rings. The molecule has 6 fully saturated rings. The summed E-state index contributed by atoms with van der Waals surface area (Å²) in [6.45, 7) is 5.29. The zero-order valence-corrected chi connectivity index (χ0v) is 69.3. The van der Waals surface area contributed by atoms with Crippen LogP contribution in [0, 0.1) is 0 Å². The third-order valence-electron chi connectivity index (χ3n) is 23.9. The molecule has 12 aromatic rings. The molecular weight excluding hydrogens is 1600 g/mol. The molecule has 642 valence electrons. The Labute approximate surface area is 718 Å². The maximum absolute atomic E-state index is 13.0. The molecular formula is C93H96F3N21O8. The molecule has 3 saturated carbocycles. The van der Waals surface area contributed by atoms with Gasteiger partial charge in [0.2, 0.25) is 17.7 Å². The average molecular weight is 1690 g/mol. The number of carboxylic acid groups (broad SMARTS) is 1. The number of nitrogens with two attached hydrogens (primary N) is 4. The summed E-state index contributed by atoms with van der Waals surface area (Å²) in [6, 6.07) is 44.3. The van der Waals surface area contributed by atoms with E-state index in [1.54, 1.807) is 56.9 Å². The number of aromatic nitrogens is 10. The lowest BCUT2D eigenvalue weighted by molar-refractivity contribution is -0.137. The summed E-state index contributed by atoms with van der Waals surface area (Å²) < 4.78 is 50.7. The highest BCUT2D eigenvalue weighted by atomic mass is 19.4. The number of rotatable bonds is 25. The fourth-order valence-corrected chi connectivity index (χ4v) is 16.8. The monoisotopic (exact) mass is 1690 g/mol. The summed E-state index contributed by atoms with van der Waals surface area (Å²) in [6.07, 6.45) is 22.5. The molecule has 18 rings (SSSR count). The van der Waals surface area contributed by atoms with Gasteiger partial charge >= 0.3 is 12.1 Å². The standard InChI is InChI=1S/C31H31F3N8O2.C31H33N7O3.C31H32N6O3/c1-40(22-8-9-22)13-2-3-26(43)41-14-11-23(16-41)42-17-24(27-28(35)37-18-38-29(27)42)19-4-6-20(7-5-19)30(44)39-25-15-21(10-12-36-25)31(32,33)34;1-36(21-11-12-21)16-5-8-25(39)37-17-15-22(18-37)38-28(30(33)40)26(27-29(32)34-19-35-31(27)38)20-9-13-24(14-10-20)41-23-6-3-2-4-7-23;1-35(23-13-14-23)16-5-8-25(38)36-17-15-24(18-36)37-28(31(39)40)26(27-29(32)33-19-34-30(27)37)22-11-9-21(10-12-22)20-6-3-2-4-7-20/h2-7,10,12,15,17-18,22-23H,8-9,11,13-14,16H2,1H3,(H2,35,37,38)(H,36,39,44);2-10,13-14,19,21-22H,11-12,15-18H2,1H3,(H2,33,40)(H2,32,34,35);2-12,19,23-24H,13-18H2,1H3,(H,39,40)(H2,32,33,34)/b3-2+;2*8-5+/t23-;22-;24-/m111/s1. The van der Waals surface area contributed by atoms with Gasteiger partial charge in [-0.05, 0) is 155 Å². The third kappa shape index (κ3) is 19.0. The van der Waals surface area contributed by atoms with Gasteiger partial charge in [0, 0.05) is 130 Å². The highest BCUT2D eigenvalue weighted by Crippen LogP contribution is 2.45. The van der Waals surface area contributed by atoms with Crippen LogP contribution in [-0.4, -0.2) is 217 Å². The van der Waals surface area contributed by atoms with Crippen molar-refractivity contribution >= 4 is 91.9 Å². The van der Waals surface area contributed by atoms with E-state index < -0.39 is 29.5 Å². The Morgan fingerprint density at radius 2 is 0.904 bits per heavy atom. The van der Waals surface area contributed by atoms with Crippen LogP contribution in [0.5, 0.6) is 11.5 Å². The van der Waals surface area contributed by atoms with Gasteiger partial charge in [-0.3, -0.25) is 38.7 Å². The van der Waals surface area contributed by atoms with Crippen LogP contribution in [0.1, 0.15) is 113 Å². The largest absolute Gasteiger partial charge is 0.477 e. The van der Waals surface area contributed by atoms with Crippen LogP contribution < -0.4 is 33.0 Å². The SMILES string of the molecule is CN(C/C=C/C(=O)N1CC[C@@H](n2c(C(=O)O)c(-c3ccc(-c4ccccc4)cc3)c3c(N)ncnc32)C1)C1CC1.CN(C/C=C/C(=O)N1CC[C@@H](n2c(C(N)=O)c(-c3ccc(Oc4ccccc4)cc3)c3c(N)ncnc32)C1)C1CC1.CN(C/C=C/C(=O)N1CC[C@@H](n2cc(-c3ccc(C(=O)Nc4cc(C(F)(F)F)ccn4)cc3)c3c(N)ncnc32)C1)C1CC1. The number of anilines is 4. The molecule has 3 aliphatic heterocycles. The number of alkyl halides is 3.